The molecule has 1 unspecified atom stereocenters. The Morgan fingerprint density at radius 1 is 1.12 bits per heavy atom. The molecule has 0 aliphatic heterocycles. The standard InChI is InChI=1S/C13H18O3/c1-9(2)11(8-14)10-5-6-12(15-3)13(7-10)16-4/h5-9,11H,1-4H3. The summed E-state index contributed by atoms with van der Waals surface area (Å²) in [5.74, 6) is 1.52. The smallest absolute Gasteiger partial charge is 0.161 e. The minimum atomic E-state index is -0.0974. The summed E-state index contributed by atoms with van der Waals surface area (Å²) in [5, 5.41) is 0. The maximum Gasteiger partial charge on any atom is 0.161 e. The van der Waals surface area contributed by atoms with Crippen molar-refractivity contribution in [3.63, 3.8) is 0 Å². The minimum absolute atomic E-state index is 0.0974. The second kappa shape index (κ2) is 5.54. The van der Waals surface area contributed by atoms with E-state index in [1.54, 1.807) is 14.2 Å². The molecule has 16 heavy (non-hydrogen) atoms. The van der Waals surface area contributed by atoms with Gasteiger partial charge in [0.1, 0.15) is 6.29 Å². The number of rotatable bonds is 5. The van der Waals surface area contributed by atoms with E-state index in [1.165, 1.54) is 0 Å². The molecule has 3 heteroatoms. The molecule has 0 radical (unpaired) electrons. The summed E-state index contributed by atoms with van der Waals surface area (Å²) < 4.78 is 10.4. The Kier molecular flexibility index (Phi) is 4.35. The average Bonchev–Trinajstić information content (AvgIpc) is 2.29. The summed E-state index contributed by atoms with van der Waals surface area (Å²) in [4.78, 5) is 11.0. The number of methoxy groups -OCH3 is 2. The van der Waals surface area contributed by atoms with Crippen LogP contribution in [0.2, 0.25) is 0 Å². The highest BCUT2D eigenvalue weighted by molar-refractivity contribution is 5.63. The highest BCUT2D eigenvalue weighted by atomic mass is 16.5. The van der Waals surface area contributed by atoms with Gasteiger partial charge >= 0.3 is 0 Å². The van der Waals surface area contributed by atoms with Gasteiger partial charge in [-0.25, -0.2) is 0 Å². The Hall–Kier alpha value is -1.51. The number of carbonyl (C=O) groups is 1. The first-order valence-corrected chi connectivity index (χ1v) is 5.31. The Bertz CT molecular complexity index is 358. The summed E-state index contributed by atoms with van der Waals surface area (Å²) in [6.45, 7) is 4.05. The highest BCUT2D eigenvalue weighted by Crippen LogP contribution is 2.32. The van der Waals surface area contributed by atoms with Crippen LogP contribution in [0.1, 0.15) is 25.3 Å². The number of carbonyl (C=O) groups excluding carboxylic acids is 1. The Morgan fingerprint density at radius 2 is 1.75 bits per heavy atom. The molecule has 0 aliphatic carbocycles. The molecule has 0 bridgehead atoms. The fourth-order valence-electron chi connectivity index (χ4n) is 1.68. The van der Waals surface area contributed by atoms with Gasteiger partial charge in [0.15, 0.2) is 11.5 Å². The predicted molar refractivity (Wildman–Crippen MR) is 63.2 cm³/mol. The molecule has 88 valence electrons. The Morgan fingerprint density at radius 3 is 2.19 bits per heavy atom. The van der Waals surface area contributed by atoms with Crippen LogP contribution in [0.25, 0.3) is 0 Å². The Labute approximate surface area is 96.4 Å². The number of aldehydes is 1. The largest absolute Gasteiger partial charge is 0.493 e. The molecule has 0 spiro atoms. The van der Waals surface area contributed by atoms with Crippen molar-refractivity contribution in [3.05, 3.63) is 23.8 Å². The van der Waals surface area contributed by atoms with E-state index in [0.717, 1.165) is 11.8 Å². The molecule has 1 aromatic carbocycles. The third-order valence-corrected chi connectivity index (χ3v) is 2.66. The van der Waals surface area contributed by atoms with Gasteiger partial charge in [-0.3, -0.25) is 0 Å². The lowest BCUT2D eigenvalue weighted by Crippen LogP contribution is -2.08. The van der Waals surface area contributed by atoms with E-state index in [0.29, 0.717) is 11.5 Å². The van der Waals surface area contributed by atoms with Gasteiger partial charge in [-0.05, 0) is 23.6 Å². The minimum Gasteiger partial charge on any atom is -0.493 e. The first kappa shape index (κ1) is 12.6. The van der Waals surface area contributed by atoms with Crippen LogP contribution in [-0.4, -0.2) is 20.5 Å². The molecule has 0 saturated carbocycles. The third-order valence-electron chi connectivity index (χ3n) is 2.66. The van der Waals surface area contributed by atoms with Gasteiger partial charge in [0.2, 0.25) is 0 Å². The molecule has 0 aliphatic rings. The SMILES string of the molecule is COc1ccc(C(C=O)C(C)C)cc1OC. The summed E-state index contributed by atoms with van der Waals surface area (Å²) in [7, 11) is 3.18. The van der Waals surface area contributed by atoms with Gasteiger partial charge in [-0.2, -0.15) is 0 Å². The topological polar surface area (TPSA) is 35.5 Å². The van der Waals surface area contributed by atoms with E-state index >= 15 is 0 Å². The van der Waals surface area contributed by atoms with Gasteiger partial charge in [-0.15, -0.1) is 0 Å². The van der Waals surface area contributed by atoms with Crippen LogP contribution in [-0.2, 0) is 4.79 Å². The van der Waals surface area contributed by atoms with Gasteiger partial charge in [-0.1, -0.05) is 19.9 Å². The lowest BCUT2D eigenvalue weighted by atomic mass is 9.89. The van der Waals surface area contributed by atoms with Crippen molar-refractivity contribution in [3.8, 4) is 11.5 Å². The maximum absolute atomic E-state index is 11.0. The van der Waals surface area contributed by atoms with Crippen molar-refractivity contribution >= 4 is 6.29 Å². The predicted octanol–water partition coefficient (Wildman–Crippen LogP) is 2.64. The second-order valence-corrected chi connectivity index (χ2v) is 4.02. The second-order valence-electron chi connectivity index (χ2n) is 4.02. The monoisotopic (exact) mass is 222 g/mol. The van der Waals surface area contributed by atoms with Crippen LogP contribution in [0, 0.1) is 5.92 Å². The molecular formula is C13H18O3. The summed E-state index contributed by atoms with van der Waals surface area (Å²) in [5.41, 5.74) is 0.961. The van der Waals surface area contributed by atoms with Crippen molar-refractivity contribution in [2.24, 2.45) is 5.92 Å². The van der Waals surface area contributed by atoms with Crippen molar-refractivity contribution in [1.29, 1.82) is 0 Å². The molecule has 3 nitrogen and oxygen atoms in total. The fraction of sp³-hybridized carbons (Fsp3) is 0.462. The zero-order valence-electron chi connectivity index (χ0n) is 10.2. The van der Waals surface area contributed by atoms with Crippen LogP contribution in [0.5, 0.6) is 11.5 Å². The van der Waals surface area contributed by atoms with Crippen LogP contribution >= 0.6 is 0 Å². The first-order valence-electron chi connectivity index (χ1n) is 5.31. The zero-order chi connectivity index (χ0) is 12.1. The Balaban J connectivity index is 3.10. The molecule has 0 saturated heterocycles. The van der Waals surface area contributed by atoms with E-state index in [2.05, 4.69) is 0 Å². The van der Waals surface area contributed by atoms with Crippen LogP contribution in [0.3, 0.4) is 0 Å². The van der Waals surface area contributed by atoms with E-state index < -0.39 is 0 Å². The zero-order valence-corrected chi connectivity index (χ0v) is 10.2. The molecule has 0 N–H and O–H groups in total. The average molecular weight is 222 g/mol. The lowest BCUT2D eigenvalue weighted by Gasteiger charge is -2.16. The van der Waals surface area contributed by atoms with Gasteiger partial charge in [0.05, 0.1) is 14.2 Å². The summed E-state index contributed by atoms with van der Waals surface area (Å²) >= 11 is 0. The van der Waals surface area contributed by atoms with Crippen molar-refractivity contribution in [2.75, 3.05) is 14.2 Å². The summed E-state index contributed by atoms with van der Waals surface area (Å²) in [6, 6.07) is 5.59. The molecule has 0 aromatic heterocycles. The van der Waals surface area contributed by atoms with E-state index in [1.807, 2.05) is 32.0 Å². The maximum atomic E-state index is 11.0. The van der Waals surface area contributed by atoms with Crippen LogP contribution < -0.4 is 9.47 Å². The third kappa shape index (κ3) is 2.54. The number of hydrogen-bond donors (Lipinski definition) is 0. The van der Waals surface area contributed by atoms with Crippen molar-refractivity contribution < 1.29 is 14.3 Å². The molecule has 0 heterocycles. The quantitative estimate of drug-likeness (QED) is 0.718. The van der Waals surface area contributed by atoms with Gasteiger partial charge < -0.3 is 14.3 Å². The molecule has 1 atom stereocenters. The molecule has 1 rings (SSSR count). The van der Waals surface area contributed by atoms with E-state index in [-0.39, 0.29) is 11.8 Å². The fourth-order valence-corrected chi connectivity index (χ4v) is 1.68. The van der Waals surface area contributed by atoms with Gasteiger partial charge in [0.25, 0.3) is 0 Å². The lowest BCUT2D eigenvalue weighted by molar-refractivity contribution is -0.109. The number of hydrogen-bond acceptors (Lipinski definition) is 3. The number of ether oxygens (including phenoxy) is 2. The molecule has 0 amide bonds. The van der Waals surface area contributed by atoms with Crippen molar-refractivity contribution in [2.45, 2.75) is 19.8 Å². The highest BCUT2D eigenvalue weighted by Gasteiger charge is 2.16. The molecule has 1 aromatic rings. The van der Waals surface area contributed by atoms with E-state index in [4.69, 9.17) is 9.47 Å². The normalized spacial score (nSPS) is 12.3. The van der Waals surface area contributed by atoms with Crippen molar-refractivity contribution in [1.82, 2.24) is 0 Å². The van der Waals surface area contributed by atoms with E-state index in [9.17, 15) is 4.79 Å². The number of benzene rings is 1. The summed E-state index contributed by atoms with van der Waals surface area (Å²) in [6.07, 6.45) is 0.978. The van der Waals surface area contributed by atoms with Gasteiger partial charge in [0, 0.05) is 5.92 Å². The molecular weight excluding hydrogens is 204 g/mol. The first-order chi connectivity index (χ1) is 7.63. The van der Waals surface area contributed by atoms with Crippen LogP contribution in [0.15, 0.2) is 18.2 Å². The molecule has 0 fully saturated rings. The van der Waals surface area contributed by atoms with Crippen LogP contribution in [0.4, 0.5) is 0 Å².